The maximum atomic E-state index is 11.0. The molecule has 1 heterocycles. The fourth-order valence-electron chi connectivity index (χ4n) is 1.41. The van der Waals surface area contributed by atoms with Crippen molar-refractivity contribution in [1.82, 2.24) is 4.98 Å². The van der Waals surface area contributed by atoms with Crippen LogP contribution in [0.2, 0.25) is 0 Å². The van der Waals surface area contributed by atoms with Gasteiger partial charge in [0, 0.05) is 6.20 Å². The molecule has 0 saturated carbocycles. The molecule has 18 heavy (non-hydrogen) atoms. The third kappa shape index (κ3) is 2.64. The molecule has 0 radical (unpaired) electrons. The number of carbonyl (C=O) groups is 1. The first kappa shape index (κ1) is 12.1. The van der Waals surface area contributed by atoms with Gasteiger partial charge in [-0.15, -0.1) is 0 Å². The summed E-state index contributed by atoms with van der Waals surface area (Å²) in [7, 11) is 0. The second kappa shape index (κ2) is 5.29. The Morgan fingerprint density at radius 2 is 1.94 bits per heavy atom. The van der Waals surface area contributed by atoms with Crippen LogP contribution in [0.15, 0.2) is 42.6 Å². The number of aromatic carboxylic acids is 1. The fourth-order valence-corrected chi connectivity index (χ4v) is 1.41. The molecule has 2 rings (SSSR count). The standard InChI is InChI=1S/C13H11NO4/c15-8-9-3-5-10(6-4-9)18-12-11(13(16)17)2-1-7-14-12/h1-7,15H,8H2,(H,16,17). The van der Waals surface area contributed by atoms with Crippen molar-refractivity contribution in [3.63, 3.8) is 0 Å². The van der Waals surface area contributed by atoms with E-state index in [1.54, 1.807) is 24.3 Å². The number of aliphatic hydroxyl groups excluding tert-OH is 1. The number of nitrogens with zero attached hydrogens (tertiary/aromatic N) is 1. The van der Waals surface area contributed by atoms with Crippen LogP contribution in [0.4, 0.5) is 0 Å². The summed E-state index contributed by atoms with van der Waals surface area (Å²) in [6.45, 7) is -0.0513. The number of benzene rings is 1. The zero-order chi connectivity index (χ0) is 13.0. The fraction of sp³-hybridized carbons (Fsp3) is 0.0769. The summed E-state index contributed by atoms with van der Waals surface area (Å²) in [5.74, 6) is -0.583. The molecular weight excluding hydrogens is 234 g/mol. The van der Waals surface area contributed by atoms with Crippen LogP contribution >= 0.6 is 0 Å². The summed E-state index contributed by atoms with van der Waals surface area (Å²) in [6, 6.07) is 9.63. The van der Waals surface area contributed by atoms with E-state index in [-0.39, 0.29) is 18.1 Å². The maximum Gasteiger partial charge on any atom is 0.341 e. The molecule has 5 nitrogen and oxygen atoms in total. The van der Waals surface area contributed by atoms with Gasteiger partial charge in [-0.05, 0) is 29.8 Å². The van der Waals surface area contributed by atoms with Gasteiger partial charge >= 0.3 is 5.97 Å². The van der Waals surface area contributed by atoms with Gasteiger partial charge in [-0.1, -0.05) is 12.1 Å². The van der Waals surface area contributed by atoms with Gasteiger partial charge in [-0.3, -0.25) is 0 Å². The van der Waals surface area contributed by atoms with Crippen molar-refractivity contribution < 1.29 is 19.7 Å². The van der Waals surface area contributed by atoms with E-state index in [4.69, 9.17) is 14.9 Å². The number of ether oxygens (including phenoxy) is 1. The summed E-state index contributed by atoms with van der Waals surface area (Å²) < 4.78 is 5.40. The van der Waals surface area contributed by atoms with Crippen molar-refractivity contribution in [2.75, 3.05) is 0 Å². The third-order valence-corrected chi connectivity index (χ3v) is 2.32. The summed E-state index contributed by atoms with van der Waals surface area (Å²) in [6.07, 6.45) is 1.46. The summed E-state index contributed by atoms with van der Waals surface area (Å²) in [4.78, 5) is 14.8. The Balaban J connectivity index is 2.25. The molecule has 0 fully saturated rings. The molecule has 1 aromatic carbocycles. The predicted molar refractivity (Wildman–Crippen MR) is 63.6 cm³/mol. The van der Waals surface area contributed by atoms with Crippen LogP contribution in [0.3, 0.4) is 0 Å². The van der Waals surface area contributed by atoms with E-state index in [9.17, 15) is 4.79 Å². The minimum absolute atomic E-state index is 0.00346. The molecule has 0 aliphatic carbocycles. The molecule has 2 aromatic rings. The third-order valence-electron chi connectivity index (χ3n) is 2.32. The van der Waals surface area contributed by atoms with Crippen molar-refractivity contribution in [3.8, 4) is 11.6 Å². The number of hydrogen-bond acceptors (Lipinski definition) is 4. The number of pyridine rings is 1. The molecule has 1 aromatic heterocycles. The second-order valence-electron chi connectivity index (χ2n) is 3.57. The van der Waals surface area contributed by atoms with Crippen LogP contribution in [-0.2, 0) is 6.61 Å². The SMILES string of the molecule is O=C(O)c1cccnc1Oc1ccc(CO)cc1. The van der Waals surface area contributed by atoms with E-state index >= 15 is 0 Å². The lowest BCUT2D eigenvalue weighted by molar-refractivity contribution is 0.0693. The topological polar surface area (TPSA) is 79.7 Å². The second-order valence-corrected chi connectivity index (χ2v) is 3.57. The molecule has 0 bridgehead atoms. The molecule has 5 heteroatoms. The van der Waals surface area contributed by atoms with Crippen molar-refractivity contribution in [3.05, 3.63) is 53.7 Å². The van der Waals surface area contributed by atoms with Crippen LogP contribution in [0.5, 0.6) is 11.6 Å². The van der Waals surface area contributed by atoms with Crippen molar-refractivity contribution in [1.29, 1.82) is 0 Å². The largest absolute Gasteiger partial charge is 0.477 e. The molecule has 0 aliphatic heterocycles. The van der Waals surface area contributed by atoms with Gasteiger partial charge in [-0.2, -0.15) is 0 Å². The first-order chi connectivity index (χ1) is 8.70. The first-order valence-corrected chi connectivity index (χ1v) is 5.26. The van der Waals surface area contributed by atoms with Gasteiger partial charge in [0.25, 0.3) is 0 Å². The van der Waals surface area contributed by atoms with E-state index in [0.717, 1.165) is 5.56 Å². The van der Waals surface area contributed by atoms with Crippen LogP contribution in [0.1, 0.15) is 15.9 Å². The first-order valence-electron chi connectivity index (χ1n) is 5.26. The Bertz CT molecular complexity index is 551. The highest BCUT2D eigenvalue weighted by atomic mass is 16.5. The minimum Gasteiger partial charge on any atom is -0.477 e. The minimum atomic E-state index is -1.09. The van der Waals surface area contributed by atoms with Crippen LogP contribution in [0, 0.1) is 0 Å². The monoisotopic (exact) mass is 245 g/mol. The molecule has 0 spiro atoms. The number of aromatic nitrogens is 1. The Hall–Kier alpha value is -2.40. The number of hydrogen-bond donors (Lipinski definition) is 2. The normalized spacial score (nSPS) is 10.1. The molecule has 0 atom stereocenters. The summed E-state index contributed by atoms with van der Waals surface area (Å²) >= 11 is 0. The van der Waals surface area contributed by atoms with Gasteiger partial charge in [0.1, 0.15) is 11.3 Å². The molecule has 0 saturated heterocycles. The van der Waals surface area contributed by atoms with E-state index in [1.165, 1.54) is 18.3 Å². The number of rotatable bonds is 4. The smallest absolute Gasteiger partial charge is 0.341 e. The molecule has 92 valence electrons. The lowest BCUT2D eigenvalue weighted by atomic mass is 10.2. The van der Waals surface area contributed by atoms with Crippen LogP contribution in [-0.4, -0.2) is 21.2 Å². The average Bonchev–Trinajstić information content (AvgIpc) is 2.40. The van der Waals surface area contributed by atoms with Gasteiger partial charge in [0.2, 0.25) is 5.88 Å². The Labute approximate surface area is 103 Å². The highest BCUT2D eigenvalue weighted by Crippen LogP contribution is 2.23. The molecule has 2 N–H and O–H groups in total. The maximum absolute atomic E-state index is 11.0. The average molecular weight is 245 g/mol. The zero-order valence-corrected chi connectivity index (χ0v) is 9.41. The molecule has 0 unspecified atom stereocenters. The van der Waals surface area contributed by atoms with Crippen LogP contribution < -0.4 is 4.74 Å². The van der Waals surface area contributed by atoms with Gasteiger partial charge in [0.15, 0.2) is 0 Å². The van der Waals surface area contributed by atoms with E-state index in [0.29, 0.717) is 5.75 Å². The summed E-state index contributed by atoms with van der Waals surface area (Å²) in [5.41, 5.74) is 0.755. The Kier molecular flexibility index (Phi) is 3.54. The Morgan fingerprint density at radius 3 is 2.56 bits per heavy atom. The highest BCUT2D eigenvalue weighted by molar-refractivity contribution is 5.90. The molecule has 0 aliphatic rings. The van der Waals surface area contributed by atoms with Gasteiger partial charge in [-0.25, -0.2) is 9.78 Å². The van der Waals surface area contributed by atoms with Crippen LogP contribution in [0.25, 0.3) is 0 Å². The quantitative estimate of drug-likeness (QED) is 0.861. The number of aliphatic hydroxyl groups is 1. The van der Waals surface area contributed by atoms with E-state index in [1.807, 2.05) is 0 Å². The summed E-state index contributed by atoms with van der Waals surface area (Å²) in [5, 5.41) is 17.9. The van der Waals surface area contributed by atoms with Crippen molar-refractivity contribution in [2.45, 2.75) is 6.61 Å². The number of carboxylic acid groups (broad SMARTS) is 1. The molecular formula is C13H11NO4. The zero-order valence-electron chi connectivity index (χ0n) is 9.41. The van der Waals surface area contributed by atoms with Crippen molar-refractivity contribution in [2.24, 2.45) is 0 Å². The van der Waals surface area contributed by atoms with Gasteiger partial charge in [0.05, 0.1) is 6.61 Å². The Morgan fingerprint density at radius 1 is 1.22 bits per heavy atom. The van der Waals surface area contributed by atoms with Crippen molar-refractivity contribution >= 4 is 5.97 Å². The number of carboxylic acids is 1. The van der Waals surface area contributed by atoms with E-state index < -0.39 is 5.97 Å². The predicted octanol–water partition coefficient (Wildman–Crippen LogP) is 2.06. The van der Waals surface area contributed by atoms with E-state index in [2.05, 4.69) is 4.98 Å². The lowest BCUT2D eigenvalue weighted by Gasteiger charge is -2.07. The van der Waals surface area contributed by atoms with Gasteiger partial charge < -0.3 is 14.9 Å². The lowest BCUT2D eigenvalue weighted by Crippen LogP contribution is -2.01. The molecule has 0 amide bonds. The highest BCUT2D eigenvalue weighted by Gasteiger charge is 2.12.